The molecule has 0 N–H and O–H groups in total. The Morgan fingerprint density at radius 1 is 1.30 bits per heavy atom. The number of hydrogen-bond donors (Lipinski definition) is 0. The molecule has 0 saturated carbocycles. The van der Waals surface area contributed by atoms with Gasteiger partial charge in [0.15, 0.2) is 0 Å². The predicted octanol–water partition coefficient (Wildman–Crippen LogP) is 3.53. The van der Waals surface area contributed by atoms with Gasteiger partial charge in [0, 0.05) is 0 Å². The Kier molecular flexibility index (Phi) is 4.41. The maximum Gasteiger partial charge on any atom is 0.216 e. The fraction of sp³-hybridized carbons (Fsp3) is 0.312. The highest BCUT2D eigenvalue weighted by Gasteiger charge is 2.22. The van der Waals surface area contributed by atoms with E-state index in [4.69, 9.17) is 0 Å². The Hall–Kier alpha value is -1.86. The zero-order chi connectivity index (χ0) is 14.6. The zero-order valence-electron chi connectivity index (χ0n) is 11.4. The summed E-state index contributed by atoms with van der Waals surface area (Å²) in [6, 6.07) is 8.44. The summed E-state index contributed by atoms with van der Waals surface area (Å²) < 4.78 is 24.9. The van der Waals surface area contributed by atoms with Crippen molar-refractivity contribution < 1.29 is 8.42 Å². The molecule has 3 nitrogen and oxygen atoms in total. The number of sulfone groups is 1. The quantitative estimate of drug-likeness (QED) is 0.631. The van der Waals surface area contributed by atoms with Crippen LogP contribution in [0.5, 0.6) is 0 Å². The molecule has 20 heavy (non-hydrogen) atoms. The van der Waals surface area contributed by atoms with Crippen LogP contribution in [0.2, 0.25) is 0 Å². The van der Waals surface area contributed by atoms with E-state index < -0.39 is 9.84 Å². The maximum absolute atomic E-state index is 12.4. The van der Waals surface area contributed by atoms with Gasteiger partial charge in [0.1, 0.15) is 11.0 Å². The van der Waals surface area contributed by atoms with Gasteiger partial charge >= 0.3 is 0 Å². The lowest BCUT2D eigenvalue weighted by molar-refractivity contribution is 0.579. The SMILES string of the molecule is Cc1ccc(S(=O)(=O)C(C#N)=CC2CC=CCC2)cc1. The van der Waals surface area contributed by atoms with E-state index in [-0.39, 0.29) is 15.7 Å². The summed E-state index contributed by atoms with van der Waals surface area (Å²) in [4.78, 5) is 0.0453. The average molecular weight is 287 g/mol. The Morgan fingerprint density at radius 3 is 2.55 bits per heavy atom. The van der Waals surface area contributed by atoms with E-state index in [1.807, 2.05) is 19.1 Å². The molecule has 4 heteroatoms. The molecule has 1 aromatic rings. The van der Waals surface area contributed by atoms with Crippen LogP contribution in [-0.2, 0) is 9.84 Å². The number of rotatable bonds is 3. The van der Waals surface area contributed by atoms with Crippen molar-refractivity contribution in [1.29, 1.82) is 5.26 Å². The summed E-state index contributed by atoms with van der Waals surface area (Å²) >= 11 is 0. The van der Waals surface area contributed by atoms with Crippen LogP contribution >= 0.6 is 0 Å². The standard InChI is InChI=1S/C16H17NO2S/c1-13-7-9-15(10-8-13)20(18,19)16(12-17)11-14-5-3-2-4-6-14/h2-3,7-11,14H,4-6H2,1H3. The van der Waals surface area contributed by atoms with Crippen LogP contribution in [-0.4, -0.2) is 8.42 Å². The molecule has 0 saturated heterocycles. The fourth-order valence-corrected chi connectivity index (χ4v) is 3.45. The Labute approximate surface area is 120 Å². The molecule has 0 amide bonds. The van der Waals surface area contributed by atoms with Crippen molar-refractivity contribution >= 4 is 9.84 Å². The number of nitriles is 1. The van der Waals surface area contributed by atoms with E-state index in [9.17, 15) is 13.7 Å². The van der Waals surface area contributed by atoms with E-state index in [0.717, 1.165) is 24.8 Å². The first kappa shape index (κ1) is 14.5. The highest BCUT2D eigenvalue weighted by Crippen LogP contribution is 2.25. The Bertz CT molecular complexity index is 676. The Balaban J connectivity index is 2.35. The van der Waals surface area contributed by atoms with Gasteiger partial charge in [-0.25, -0.2) is 8.42 Å². The monoisotopic (exact) mass is 287 g/mol. The lowest BCUT2D eigenvalue weighted by Crippen LogP contribution is -2.07. The number of hydrogen-bond acceptors (Lipinski definition) is 3. The lowest BCUT2D eigenvalue weighted by atomic mass is 9.94. The first-order valence-corrected chi connectivity index (χ1v) is 8.11. The van der Waals surface area contributed by atoms with E-state index in [1.54, 1.807) is 30.3 Å². The minimum absolute atomic E-state index is 0.134. The van der Waals surface area contributed by atoms with Crippen LogP contribution in [0.3, 0.4) is 0 Å². The molecule has 1 aromatic carbocycles. The molecule has 1 aliphatic rings. The summed E-state index contributed by atoms with van der Waals surface area (Å²) in [6.07, 6.45) is 8.37. The zero-order valence-corrected chi connectivity index (χ0v) is 12.2. The van der Waals surface area contributed by atoms with E-state index in [2.05, 4.69) is 6.08 Å². The number of aryl methyl sites for hydroxylation is 1. The fourth-order valence-electron chi connectivity index (χ4n) is 2.21. The second kappa shape index (κ2) is 6.06. The summed E-state index contributed by atoms with van der Waals surface area (Å²) in [7, 11) is -3.69. The van der Waals surface area contributed by atoms with Crippen molar-refractivity contribution in [1.82, 2.24) is 0 Å². The van der Waals surface area contributed by atoms with Gasteiger partial charge < -0.3 is 0 Å². The van der Waals surface area contributed by atoms with Crippen molar-refractivity contribution in [3.8, 4) is 6.07 Å². The van der Waals surface area contributed by atoms with Gasteiger partial charge in [-0.15, -0.1) is 0 Å². The first-order chi connectivity index (χ1) is 9.54. The predicted molar refractivity (Wildman–Crippen MR) is 78.5 cm³/mol. The summed E-state index contributed by atoms with van der Waals surface area (Å²) in [5.41, 5.74) is 0.990. The van der Waals surface area contributed by atoms with Crippen molar-refractivity contribution in [3.63, 3.8) is 0 Å². The molecular weight excluding hydrogens is 270 g/mol. The molecule has 104 valence electrons. The lowest BCUT2D eigenvalue weighted by Gasteiger charge is -2.14. The van der Waals surface area contributed by atoms with Crippen molar-refractivity contribution in [3.05, 3.63) is 53.0 Å². The maximum atomic E-state index is 12.4. The van der Waals surface area contributed by atoms with E-state index in [0.29, 0.717) is 0 Å². The van der Waals surface area contributed by atoms with Gasteiger partial charge in [0.05, 0.1) is 4.90 Å². The van der Waals surface area contributed by atoms with Crippen LogP contribution < -0.4 is 0 Å². The van der Waals surface area contributed by atoms with E-state index in [1.165, 1.54) is 0 Å². The molecule has 1 unspecified atom stereocenters. The van der Waals surface area contributed by atoms with Crippen molar-refractivity contribution in [2.24, 2.45) is 5.92 Å². The molecule has 0 aromatic heterocycles. The topological polar surface area (TPSA) is 57.9 Å². The normalized spacial score (nSPS) is 19.6. The number of allylic oxidation sites excluding steroid dienone is 4. The van der Waals surface area contributed by atoms with Crippen molar-refractivity contribution in [2.45, 2.75) is 31.1 Å². The minimum Gasteiger partial charge on any atom is -0.218 e. The van der Waals surface area contributed by atoms with Gasteiger partial charge in [-0.1, -0.05) is 35.9 Å². The summed E-state index contributed by atoms with van der Waals surface area (Å²) in [6.45, 7) is 1.89. The van der Waals surface area contributed by atoms with Crippen LogP contribution in [0.25, 0.3) is 0 Å². The van der Waals surface area contributed by atoms with E-state index >= 15 is 0 Å². The van der Waals surface area contributed by atoms with Gasteiger partial charge in [0.2, 0.25) is 9.84 Å². The van der Waals surface area contributed by atoms with Crippen LogP contribution in [0, 0.1) is 24.2 Å². The molecule has 0 heterocycles. The van der Waals surface area contributed by atoms with Gasteiger partial charge in [-0.3, -0.25) is 0 Å². The molecule has 0 fully saturated rings. The third-order valence-corrected chi connectivity index (χ3v) is 5.13. The smallest absolute Gasteiger partial charge is 0.216 e. The van der Waals surface area contributed by atoms with Crippen LogP contribution in [0.15, 0.2) is 52.3 Å². The van der Waals surface area contributed by atoms with Gasteiger partial charge in [-0.2, -0.15) is 5.26 Å². The van der Waals surface area contributed by atoms with Crippen LogP contribution in [0.4, 0.5) is 0 Å². The first-order valence-electron chi connectivity index (χ1n) is 6.62. The van der Waals surface area contributed by atoms with Crippen molar-refractivity contribution in [2.75, 3.05) is 0 Å². The second-order valence-electron chi connectivity index (χ2n) is 5.00. The largest absolute Gasteiger partial charge is 0.218 e. The molecule has 0 bridgehead atoms. The Morgan fingerprint density at radius 2 is 2.00 bits per heavy atom. The third kappa shape index (κ3) is 3.17. The molecule has 1 aliphatic carbocycles. The summed E-state index contributed by atoms with van der Waals surface area (Å²) in [5.74, 6) is 0.134. The number of nitrogens with zero attached hydrogens (tertiary/aromatic N) is 1. The van der Waals surface area contributed by atoms with Gasteiger partial charge in [0.25, 0.3) is 0 Å². The molecule has 0 aliphatic heterocycles. The van der Waals surface area contributed by atoms with Crippen LogP contribution in [0.1, 0.15) is 24.8 Å². The second-order valence-corrected chi connectivity index (χ2v) is 6.92. The molecule has 1 atom stereocenters. The third-order valence-electron chi connectivity index (χ3n) is 3.43. The molecular formula is C16H17NO2S. The number of benzene rings is 1. The highest BCUT2D eigenvalue weighted by atomic mass is 32.2. The summed E-state index contributed by atoms with van der Waals surface area (Å²) in [5, 5.41) is 9.19. The molecule has 2 rings (SSSR count). The minimum atomic E-state index is -3.69. The highest BCUT2D eigenvalue weighted by molar-refractivity contribution is 7.95. The molecule has 0 radical (unpaired) electrons. The molecule has 0 spiro atoms. The van der Waals surface area contributed by atoms with Gasteiger partial charge in [-0.05, 0) is 44.2 Å². The average Bonchev–Trinajstić information content (AvgIpc) is 2.46.